The molecule has 1 amide bonds. The summed E-state index contributed by atoms with van der Waals surface area (Å²) in [5, 5.41) is 6.14. The van der Waals surface area contributed by atoms with Crippen molar-refractivity contribution in [3.8, 4) is 11.4 Å². The summed E-state index contributed by atoms with van der Waals surface area (Å²) in [5.41, 5.74) is 5.05. The average Bonchev–Trinajstić information content (AvgIpc) is 3.44. The lowest BCUT2D eigenvalue weighted by Crippen LogP contribution is -2.11. The number of anilines is 2. The van der Waals surface area contributed by atoms with Crippen LogP contribution in [0.5, 0.6) is 0 Å². The summed E-state index contributed by atoms with van der Waals surface area (Å²) in [5.74, 6) is -0.309. The summed E-state index contributed by atoms with van der Waals surface area (Å²) in [6, 6.07) is 19.2. The van der Waals surface area contributed by atoms with Crippen LogP contribution in [0.4, 0.5) is 15.8 Å². The molecule has 36 heavy (non-hydrogen) atoms. The maximum Gasteiger partial charge on any atom is 0.309 e. The Kier molecular flexibility index (Phi) is 6.08. The summed E-state index contributed by atoms with van der Waals surface area (Å²) in [6.45, 7) is 0. The summed E-state index contributed by atoms with van der Waals surface area (Å²) in [4.78, 5) is 29.3. The number of esters is 1. The fraction of sp³-hybridized carbons (Fsp3) is 0.107. The molecule has 1 aliphatic rings. The van der Waals surface area contributed by atoms with E-state index in [1.807, 2.05) is 66.3 Å². The Morgan fingerprint density at radius 3 is 2.64 bits per heavy atom. The monoisotopic (exact) mass is 482 g/mol. The van der Waals surface area contributed by atoms with Crippen molar-refractivity contribution in [1.29, 1.82) is 0 Å². The standard InChI is InChI=1S/C28H23FN4O3/c1-33-13-12-30-27(33)18-6-9-21(10-7-18)31-26(19-5-3-4-17(14-19)15-24(34)36-2)25-22-11-8-20(29)16-23(22)32-28(25)35/h3-14,16,31H,15H2,1-2H3,(H,32,35)/b26-25-. The molecule has 7 nitrogen and oxygen atoms in total. The lowest BCUT2D eigenvalue weighted by atomic mass is 9.98. The van der Waals surface area contributed by atoms with Gasteiger partial charge in [-0.25, -0.2) is 9.37 Å². The molecule has 2 N–H and O–H groups in total. The second-order valence-corrected chi connectivity index (χ2v) is 8.41. The summed E-state index contributed by atoms with van der Waals surface area (Å²) in [7, 11) is 3.27. The molecule has 3 aromatic carbocycles. The molecule has 4 aromatic rings. The number of hydrogen-bond donors (Lipinski definition) is 2. The number of ether oxygens (including phenoxy) is 1. The Balaban J connectivity index is 1.59. The molecule has 5 rings (SSSR count). The Bertz CT molecular complexity index is 1510. The predicted molar refractivity (Wildman–Crippen MR) is 136 cm³/mol. The molecule has 0 bridgehead atoms. The zero-order chi connectivity index (χ0) is 25.2. The van der Waals surface area contributed by atoms with Crippen molar-refractivity contribution in [3.63, 3.8) is 0 Å². The average molecular weight is 483 g/mol. The van der Waals surface area contributed by atoms with Gasteiger partial charge in [-0.1, -0.05) is 18.2 Å². The molecular formula is C28H23FN4O3. The topological polar surface area (TPSA) is 85.2 Å². The van der Waals surface area contributed by atoms with Crippen molar-refractivity contribution in [2.75, 3.05) is 17.7 Å². The molecule has 1 aliphatic heterocycles. The molecule has 0 saturated heterocycles. The predicted octanol–water partition coefficient (Wildman–Crippen LogP) is 4.87. The molecule has 0 atom stereocenters. The van der Waals surface area contributed by atoms with Gasteiger partial charge in [-0.05, 0) is 59.7 Å². The lowest BCUT2D eigenvalue weighted by Gasteiger charge is -2.16. The Labute approximate surface area is 207 Å². The van der Waals surface area contributed by atoms with Gasteiger partial charge in [0.1, 0.15) is 11.6 Å². The fourth-order valence-corrected chi connectivity index (χ4v) is 4.24. The quantitative estimate of drug-likeness (QED) is 0.302. The first-order valence-corrected chi connectivity index (χ1v) is 11.3. The number of nitrogens with one attached hydrogen (secondary N) is 2. The van der Waals surface area contributed by atoms with Gasteiger partial charge in [-0.2, -0.15) is 0 Å². The summed E-state index contributed by atoms with van der Waals surface area (Å²) < 4.78 is 20.6. The molecule has 0 unspecified atom stereocenters. The van der Waals surface area contributed by atoms with Gasteiger partial charge in [0.2, 0.25) is 0 Å². The number of fused-ring (bicyclic) bond motifs is 1. The van der Waals surface area contributed by atoms with Gasteiger partial charge in [0.05, 0.1) is 30.5 Å². The van der Waals surface area contributed by atoms with Crippen molar-refractivity contribution in [2.24, 2.45) is 7.05 Å². The molecule has 1 aromatic heterocycles. The lowest BCUT2D eigenvalue weighted by molar-refractivity contribution is -0.139. The zero-order valence-corrected chi connectivity index (χ0v) is 19.7. The maximum atomic E-state index is 13.8. The number of rotatable bonds is 6. The third-order valence-electron chi connectivity index (χ3n) is 6.00. The van der Waals surface area contributed by atoms with E-state index in [1.165, 1.54) is 19.2 Å². The van der Waals surface area contributed by atoms with E-state index in [9.17, 15) is 14.0 Å². The molecule has 0 spiro atoms. The van der Waals surface area contributed by atoms with Crippen molar-refractivity contribution >= 4 is 34.5 Å². The number of amides is 1. The van der Waals surface area contributed by atoms with Crippen LogP contribution in [0.3, 0.4) is 0 Å². The number of benzene rings is 3. The number of halogens is 1. The van der Waals surface area contributed by atoms with Crippen LogP contribution < -0.4 is 10.6 Å². The van der Waals surface area contributed by atoms with Crippen LogP contribution in [-0.4, -0.2) is 28.5 Å². The van der Waals surface area contributed by atoms with Crippen LogP contribution in [0.25, 0.3) is 22.7 Å². The van der Waals surface area contributed by atoms with E-state index in [1.54, 1.807) is 12.3 Å². The Morgan fingerprint density at radius 1 is 1.11 bits per heavy atom. The number of hydrogen-bond acceptors (Lipinski definition) is 5. The number of carbonyl (C=O) groups excluding carboxylic acids is 2. The van der Waals surface area contributed by atoms with E-state index in [2.05, 4.69) is 15.6 Å². The van der Waals surface area contributed by atoms with Gasteiger partial charge in [-0.3, -0.25) is 9.59 Å². The van der Waals surface area contributed by atoms with Gasteiger partial charge in [-0.15, -0.1) is 0 Å². The van der Waals surface area contributed by atoms with E-state index >= 15 is 0 Å². The van der Waals surface area contributed by atoms with Crippen molar-refractivity contribution in [3.05, 3.63) is 102 Å². The van der Waals surface area contributed by atoms with E-state index < -0.39 is 5.82 Å². The van der Waals surface area contributed by atoms with E-state index in [4.69, 9.17) is 4.74 Å². The van der Waals surface area contributed by atoms with Gasteiger partial charge in [0.15, 0.2) is 0 Å². The highest BCUT2D eigenvalue weighted by Gasteiger charge is 2.29. The Hall–Kier alpha value is -4.72. The maximum absolute atomic E-state index is 13.8. The van der Waals surface area contributed by atoms with Gasteiger partial charge in [0.25, 0.3) is 5.91 Å². The van der Waals surface area contributed by atoms with Gasteiger partial charge >= 0.3 is 5.97 Å². The number of carbonyl (C=O) groups is 2. The summed E-state index contributed by atoms with van der Waals surface area (Å²) in [6.07, 6.45) is 3.72. The highest BCUT2D eigenvalue weighted by Crippen LogP contribution is 2.38. The fourth-order valence-electron chi connectivity index (χ4n) is 4.24. The van der Waals surface area contributed by atoms with Crippen LogP contribution in [0.1, 0.15) is 16.7 Å². The minimum Gasteiger partial charge on any atom is -0.469 e. The minimum absolute atomic E-state index is 0.0965. The van der Waals surface area contributed by atoms with Crippen molar-refractivity contribution < 1.29 is 18.7 Å². The molecule has 180 valence electrons. The van der Waals surface area contributed by atoms with Crippen LogP contribution in [0.2, 0.25) is 0 Å². The smallest absolute Gasteiger partial charge is 0.309 e. The number of aromatic nitrogens is 2. The number of methoxy groups -OCH3 is 1. The molecule has 0 radical (unpaired) electrons. The van der Waals surface area contributed by atoms with Crippen LogP contribution in [-0.2, 0) is 27.8 Å². The number of aryl methyl sites for hydroxylation is 1. The molecule has 8 heteroatoms. The summed E-state index contributed by atoms with van der Waals surface area (Å²) >= 11 is 0. The molecule has 0 fully saturated rings. The first-order valence-electron chi connectivity index (χ1n) is 11.3. The zero-order valence-electron chi connectivity index (χ0n) is 19.7. The number of nitrogens with zero attached hydrogens (tertiary/aromatic N) is 2. The third-order valence-corrected chi connectivity index (χ3v) is 6.00. The molecule has 2 heterocycles. The normalized spacial score (nSPS) is 13.7. The van der Waals surface area contributed by atoms with E-state index in [-0.39, 0.29) is 18.3 Å². The first kappa shape index (κ1) is 23.0. The van der Waals surface area contributed by atoms with Crippen molar-refractivity contribution in [2.45, 2.75) is 6.42 Å². The third kappa shape index (κ3) is 4.48. The van der Waals surface area contributed by atoms with Crippen LogP contribution in [0, 0.1) is 5.82 Å². The first-order chi connectivity index (χ1) is 17.4. The second kappa shape index (κ2) is 9.50. The van der Waals surface area contributed by atoms with E-state index in [0.29, 0.717) is 28.1 Å². The highest BCUT2D eigenvalue weighted by atomic mass is 19.1. The van der Waals surface area contributed by atoms with Crippen LogP contribution >= 0.6 is 0 Å². The molecule has 0 aliphatic carbocycles. The van der Waals surface area contributed by atoms with E-state index in [0.717, 1.165) is 22.6 Å². The van der Waals surface area contributed by atoms with Crippen LogP contribution in [0.15, 0.2) is 79.1 Å². The van der Waals surface area contributed by atoms with Gasteiger partial charge in [0, 0.05) is 36.3 Å². The second-order valence-electron chi connectivity index (χ2n) is 8.41. The SMILES string of the molecule is COC(=O)Cc1cccc(/C(Nc2ccc(-c3nccn3C)cc2)=C2/C(=O)Nc3cc(F)ccc32)c1. The highest BCUT2D eigenvalue weighted by molar-refractivity contribution is 6.37. The number of imidazole rings is 1. The largest absolute Gasteiger partial charge is 0.469 e. The molecular weight excluding hydrogens is 459 g/mol. The van der Waals surface area contributed by atoms with Crippen molar-refractivity contribution in [1.82, 2.24) is 9.55 Å². The molecule has 0 saturated carbocycles. The minimum atomic E-state index is -0.435. The van der Waals surface area contributed by atoms with Gasteiger partial charge < -0.3 is 19.9 Å². The Morgan fingerprint density at radius 2 is 1.92 bits per heavy atom.